The summed E-state index contributed by atoms with van der Waals surface area (Å²) in [4.78, 5) is 22.8. The Labute approximate surface area is 121 Å². The molecule has 0 radical (unpaired) electrons. The van der Waals surface area contributed by atoms with E-state index in [1.807, 2.05) is 0 Å². The fourth-order valence-corrected chi connectivity index (χ4v) is 2.62. The van der Waals surface area contributed by atoms with Crippen LogP contribution in [0.4, 0.5) is 4.79 Å². The monoisotopic (exact) mass is 300 g/mol. The molecule has 0 fully saturated rings. The molecule has 0 saturated heterocycles. The Morgan fingerprint density at radius 1 is 1.20 bits per heavy atom. The number of hydrogen-bond acceptors (Lipinski definition) is 5. The molecule has 0 atom stereocenters. The molecule has 0 spiro atoms. The summed E-state index contributed by atoms with van der Waals surface area (Å²) >= 11 is 0. The zero-order valence-electron chi connectivity index (χ0n) is 12.7. The van der Waals surface area contributed by atoms with Crippen molar-refractivity contribution in [2.24, 2.45) is 0 Å². The highest BCUT2D eigenvalue weighted by atomic mass is 28.3. The van der Waals surface area contributed by atoms with Crippen LogP contribution in [0.2, 0.25) is 25.7 Å². The fourth-order valence-electron chi connectivity index (χ4n) is 1.35. The predicted molar refractivity (Wildman–Crippen MR) is 80.1 cm³/mol. The number of rotatable bonds is 8. The smallest absolute Gasteiger partial charge is 0.466 e. The molecule has 0 aromatic rings. The van der Waals surface area contributed by atoms with E-state index in [1.165, 1.54) is 6.08 Å². The Balaban J connectivity index is 4.63. The summed E-state index contributed by atoms with van der Waals surface area (Å²) in [5.74, 6) is 0.120. The van der Waals surface area contributed by atoms with Crippen molar-refractivity contribution in [3.05, 3.63) is 24.5 Å². The predicted octanol–water partition coefficient (Wildman–Crippen LogP) is 3.50. The molecule has 0 rings (SSSR count). The number of carbonyl (C=O) groups excluding carboxylic acids is 2. The van der Waals surface area contributed by atoms with Crippen molar-refractivity contribution in [3.8, 4) is 0 Å². The Hall–Kier alpha value is -1.56. The van der Waals surface area contributed by atoms with E-state index in [0.717, 1.165) is 0 Å². The summed E-state index contributed by atoms with van der Waals surface area (Å²) in [6.07, 6.45) is 2.36. The van der Waals surface area contributed by atoms with E-state index in [2.05, 4.69) is 26.2 Å². The van der Waals surface area contributed by atoms with Crippen LogP contribution >= 0.6 is 0 Å². The topological polar surface area (TPSA) is 61.8 Å². The van der Waals surface area contributed by atoms with Crippen LogP contribution in [-0.2, 0) is 19.0 Å². The maximum absolute atomic E-state index is 11.4. The summed E-state index contributed by atoms with van der Waals surface area (Å²) in [5.41, 5.74) is 0. The lowest BCUT2D eigenvalue weighted by Crippen LogP contribution is -2.22. The van der Waals surface area contributed by atoms with Crippen molar-refractivity contribution >= 4 is 20.2 Å². The van der Waals surface area contributed by atoms with Gasteiger partial charge in [0.2, 0.25) is 0 Å². The quantitative estimate of drug-likeness (QED) is 0.297. The molecule has 114 valence electrons. The van der Waals surface area contributed by atoms with Crippen LogP contribution in [0.25, 0.3) is 0 Å². The van der Waals surface area contributed by atoms with Gasteiger partial charge in [0.05, 0.1) is 21.1 Å². The minimum atomic E-state index is -1.48. The van der Waals surface area contributed by atoms with Gasteiger partial charge in [-0.1, -0.05) is 32.3 Å². The molecule has 0 aromatic heterocycles. The molecule has 0 N–H and O–H groups in total. The number of ether oxygens (including phenoxy) is 3. The van der Waals surface area contributed by atoms with Crippen molar-refractivity contribution in [3.63, 3.8) is 0 Å². The summed E-state index contributed by atoms with van der Waals surface area (Å²) in [5, 5.41) is 0. The van der Waals surface area contributed by atoms with Gasteiger partial charge in [0, 0.05) is 6.04 Å². The first-order valence-electron chi connectivity index (χ1n) is 6.58. The Morgan fingerprint density at radius 2 is 1.85 bits per heavy atom. The average molecular weight is 300 g/mol. The van der Waals surface area contributed by atoms with Crippen molar-refractivity contribution in [1.29, 1.82) is 0 Å². The second-order valence-electron chi connectivity index (χ2n) is 5.37. The van der Waals surface area contributed by atoms with Gasteiger partial charge in [-0.15, -0.1) is 0 Å². The van der Waals surface area contributed by atoms with Crippen LogP contribution in [0.5, 0.6) is 0 Å². The van der Waals surface area contributed by atoms with Gasteiger partial charge in [-0.25, -0.2) is 4.79 Å². The number of allylic oxidation sites excluding steroid dienone is 1. The lowest BCUT2D eigenvalue weighted by molar-refractivity contribution is -0.142. The maximum Gasteiger partial charge on any atom is 0.513 e. The van der Waals surface area contributed by atoms with E-state index >= 15 is 0 Å². The van der Waals surface area contributed by atoms with Crippen LogP contribution in [0.1, 0.15) is 13.3 Å². The molecular formula is C14H24O5Si. The molecule has 0 unspecified atom stereocenters. The van der Waals surface area contributed by atoms with Gasteiger partial charge in [0.1, 0.15) is 12.4 Å². The third-order valence-corrected chi connectivity index (χ3v) is 3.45. The highest BCUT2D eigenvalue weighted by molar-refractivity contribution is 6.76. The van der Waals surface area contributed by atoms with Gasteiger partial charge >= 0.3 is 12.1 Å². The van der Waals surface area contributed by atoms with E-state index in [4.69, 9.17) is 14.2 Å². The van der Waals surface area contributed by atoms with Crippen LogP contribution in [0.3, 0.4) is 0 Å². The third-order valence-electron chi connectivity index (χ3n) is 2.04. The minimum Gasteiger partial charge on any atom is -0.466 e. The number of esters is 1. The lowest BCUT2D eigenvalue weighted by atomic mass is 10.3. The van der Waals surface area contributed by atoms with E-state index < -0.39 is 14.2 Å². The van der Waals surface area contributed by atoms with E-state index in [-0.39, 0.29) is 19.0 Å². The SMILES string of the molecule is C=CCOC(=O)OC(=CCC(=O)OCC)C[Si](C)(C)C. The molecule has 0 saturated carbocycles. The van der Waals surface area contributed by atoms with E-state index in [0.29, 0.717) is 18.4 Å². The summed E-state index contributed by atoms with van der Waals surface area (Å²) < 4.78 is 14.7. The Bertz CT molecular complexity index is 368. The molecule has 5 nitrogen and oxygen atoms in total. The molecule has 0 aliphatic heterocycles. The largest absolute Gasteiger partial charge is 0.513 e. The van der Waals surface area contributed by atoms with Gasteiger partial charge in [0.25, 0.3) is 0 Å². The highest BCUT2D eigenvalue weighted by Gasteiger charge is 2.19. The lowest BCUT2D eigenvalue weighted by Gasteiger charge is -2.17. The first kappa shape index (κ1) is 18.4. The normalized spacial score (nSPS) is 11.7. The van der Waals surface area contributed by atoms with Crippen LogP contribution < -0.4 is 0 Å². The van der Waals surface area contributed by atoms with Gasteiger partial charge in [-0.3, -0.25) is 4.79 Å². The van der Waals surface area contributed by atoms with Crippen molar-refractivity contribution < 1.29 is 23.8 Å². The zero-order valence-corrected chi connectivity index (χ0v) is 13.7. The first-order valence-corrected chi connectivity index (χ1v) is 10.3. The van der Waals surface area contributed by atoms with Crippen LogP contribution in [-0.4, -0.2) is 33.4 Å². The molecular weight excluding hydrogens is 276 g/mol. The van der Waals surface area contributed by atoms with Crippen LogP contribution in [0, 0.1) is 0 Å². The Morgan fingerprint density at radius 3 is 2.35 bits per heavy atom. The molecule has 20 heavy (non-hydrogen) atoms. The van der Waals surface area contributed by atoms with Gasteiger partial charge in [-0.2, -0.15) is 0 Å². The van der Waals surface area contributed by atoms with E-state index in [1.54, 1.807) is 13.0 Å². The van der Waals surface area contributed by atoms with Crippen molar-refractivity contribution in [2.75, 3.05) is 13.2 Å². The van der Waals surface area contributed by atoms with Gasteiger partial charge < -0.3 is 14.2 Å². The Kier molecular flexibility index (Phi) is 8.63. The molecule has 6 heteroatoms. The molecule has 0 heterocycles. The van der Waals surface area contributed by atoms with E-state index in [9.17, 15) is 9.59 Å². The van der Waals surface area contributed by atoms with Crippen molar-refractivity contribution in [1.82, 2.24) is 0 Å². The summed E-state index contributed by atoms with van der Waals surface area (Å²) in [6, 6.07) is 0.648. The third kappa shape index (κ3) is 10.4. The molecule has 0 aliphatic carbocycles. The molecule has 0 aromatic carbocycles. The minimum absolute atomic E-state index is 0.0857. The van der Waals surface area contributed by atoms with Crippen LogP contribution in [0.15, 0.2) is 24.5 Å². The summed E-state index contributed by atoms with van der Waals surface area (Å²) in [6.45, 7) is 12.0. The highest BCUT2D eigenvalue weighted by Crippen LogP contribution is 2.18. The number of hydrogen-bond donors (Lipinski definition) is 0. The molecule has 0 bridgehead atoms. The maximum atomic E-state index is 11.4. The van der Waals surface area contributed by atoms with Gasteiger partial charge in [0.15, 0.2) is 0 Å². The van der Waals surface area contributed by atoms with Crippen molar-refractivity contribution in [2.45, 2.75) is 39.0 Å². The molecule has 0 amide bonds. The fraction of sp³-hybridized carbons (Fsp3) is 0.571. The number of carbonyl (C=O) groups is 2. The second kappa shape index (κ2) is 9.36. The molecule has 0 aliphatic rings. The average Bonchev–Trinajstić information content (AvgIpc) is 2.32. The second-order valence-corrected chi connectivity index (χ2v) is 10.8. The standard InChI is InChI=1S/C14H24O5Si/c1-6-10-18-14(16)19-12(11-20(3,4)5)8-9-13(15)17-7-2/h6,8H,1,7,9-11H2,2-5H3. The zero-order chi connectivity index (χ0) is 15.6. The first-order chi connectivity index (χ1) is 9.28. The van der Waals surface area contributed by atoms with Gasteiger partial charge in [-0.05, 0) is 13.0 Å². The summed E-state index contributed by atoms with van der Waals surface area (Å²) in [7, 11) is -1.48.